The minimum atomic E-state index is -1.19. The van der Waals surface area contributed by atoms with Gasteiger partial charge in [0.05, 0.1) is 51.0 Å². The van der Waals surface area contributed by atoms with Crippen molar-refractivity contribution in [2.45, 2.75) is 78.3 Å². The van der Waals surface area contributed by atoms with Crippen molar-refractivity contribution < 1.29 is 52.9 Å². The number of nitrogens with zero attached hydrogens (tertiary/aromatic N) is 1. The van der Waals surface area contributed by atoms with Crippen LogP contribution in [0.25, 0.3) is 0 Å². The van der Waals surface area contributed by atoms with E-state index in [9.17, 15) is 38.4 Å². The zero-order valence-electron chi connectivity index (χ0n) is 24.5. The molecule has 3 N–H and O–H groups in total. The molecule has 0 saturated carbocycles. The largest absolute Gasteiger partial charge is 0.481 e. The molecule has 0 aliphatic rings. The van der Waals surface area contributed by atoms with Crippen LogP contribution in [0.5, 0.6) is 0 Å². The molecule has 0 aromatic heterocycles. The van der Waals surface area contributed by atoms with Crippen molar-refractivity contribution in [3.05, 3.63) is 0 Å². The Labute approximate surface area is 234 Å². The Balaban J connectivity index is 0. The number of esters is 2. The maximum Gasteiger partial charge on any atom is 0.308 e. The zero-order chi connectivity index (χ0) is 31.6. The number of amides is 3. The number of carboxylic acid groups (broad SMARTS) is 1. The zero-order valence-corrected chi connectivity index (χ0v) is 24.5. The van der Waals surface area contributed by atoms with Crippen LogP contribution >= 0.6 is 0 Å². The van der Waals surface area contributed by atoms with E-state index in [1.54, 1.807) is 34.9 Å². The van der Waals surface area contributed by atoms with Gasteiger partial charge in [0.2, 0.25) is 17.7 Å². The fourth-order valence-electron chi connectivity index (χ4n) is 3.07. The monoisotopic (exact) mass is 573 g/mol. The second kappa shape index (κ2) is 20.1. The molecule has 0 fully saturated rings. The van der Waals surface area contributed by atoms with Gasteiger partial charge in [-0.1, -0.05) is 27.7 Å². The van der Waals surface area contributed by atoms with Gasteiger partial charge >= 0.3 is 17.9 Å². The number of hydrogen-bond acceptors (Lipinski definition) is 10. The van der Waals surface area contributed by atoms with Crippen LogP contribution in [-0.2, 0) is 47.8 Å². The summed E-state index contributed by atoms with van der Waals surface area (Å²) < 4.78 is 9.04. The van der Waals surface area contributed by atoms with Crippen molar-refractivity contribution in [3.8, 4) is 0 Å². The highest BCUT2D eigenvalue weighted by atomic mass is 16.5. The molecule has 0 rings (SSSR count). The van der Waals surface area contributed by atoms with E-state index in [0.29, 0.717) is 0 Å². The lowest BCUT2D eigenvalue weighted by Crippen LogP contribution is -2.44. The molecule has 4 atom stereocenters. The summed E-state index contributed by atoms with van der Waals surface area (Å²) in [5.41, 5.74) is 0. The first-order valence-corrected chi connectivity index (χ1v) is 12.8. The van der Waals surface area contributed by atoms with Crippen molar-refractivity contribution in [1.29, 1.82) is 0 Å². The number of ether oxygens (including phenoxy) is 2. The third kappa shape index (κ3) is 16.2. The van der Waals surface area contributed by atoms with Gasteiger partial charge in [-0.15, -0.1) is 0 Å². The number of hydrogen-bond donors (Lipinski definition) is 3. The second-order valence-electron chi connectivity index (χ2n) is 9.23. The van der Waals surface area contributed by atoms with Crippen molar-refractivity contribution in [3.63, 3.8) is 0 Å². The molecule has 40 heavy (non-hydrogen) atoms. The number of carbonyl (C=O) groups is 8. The van der Waals surface area contributed by atoms with Crippen LogP contribution in [0.1, 0.15) is 66.2 Å². The highest BCUT2D eigenvalue weighted by molar-refractivity contribution is 5.95. The van der Waals surface area contributed by atoms with Crippen LogP contribution < -0.4 is 10.6 Å². The number of methoxy groups -OCH3 is 2. The topological polar surface area (TPSA) is 203 Å². The van der Waals surface area contributed by atoms with Crippen LogP contribution in [0.3, 0.4) is 0 Å². The Morgan fingerprint density at radius 1 is 0.675 bits per heavy atom. The lowest BCUT2D eigenvalue weighted by molar-refractivity contribution is -0.147. The standard InChI is InChI=1S/C14H24N2O5.C12H19NO6/c1-6-12(18)15-10(8-13(19)16(3)4)11(17)7-9(2)14(20)21-5;1-4-10(15)13-8(6-11(16)17)9(14)5-7(2)12(18)19-3/h9-10H,6-8H2,1-5H3,(H,15,18);7-8H,4-6H2,1-3H3,(H,13,15)(H,16,17)/t9-,10-;7-,8-/m11/s1. The lowest BCUT2D eigenvalue weighted by atomic mass is 9.98. The van der Waals surface area contributed by atoms with Gasteiger partial charge in [0.25, 0.3) is 0 Å². The summed E-state index contributed by atoms with van der Waals surface area (Å²) in [6.07, 6.45) is -0.511. The number of carboxylic acids is 1. The minimum absolute atomic E-state index is 0.0813. The predicted octanol–water partition coefficient (Wildman–Crippen LogP) is 0.252. The fraction of sp³-hybridized carbons (Fsp3) is 0.692. The maximum atomic E-state index is 12.2. The summed E-state index contributed by atoms with van der Waals surface area (Å²) in [5, 5.41) is 13.6. The van der Waals surface area contributed by atoms with E-state index in [1.807, 2.05) is 0 Å². The highest BCUT2D eigenvalue weighted by Crippen LogP contribution is 2.11. The molecule has 0 aromatic rings. The Morgan fingerprint density at radius 2 is 1.02 bits per heavy atom. The number of Topliss-reactive ketones (excluding diaryl/α,β-unsaturated/α-hetero) is 2. The van der Waals surface area contributed by atoms with E-state index >= 15 is 0 Å². The van der Waals surface area contributed by atoms with E-state index in [1.165, 1.54) is 26.0 Å². The highest BCUT2D eigenvalue weighted by Gasteiger charge is 2.28. The summed E-state index contributed by atoms with van der Waals surface area (Å²) in [6.45, 7) is 6.32. The number of rotatable bonds is 16. The predicted molar refractivity (Wildman–Crippen MR) is 142 cm³/mol. The maximum absolute atomic E-state index is 12.2. The first-order valence-electron chi connectivity index (χ1n) is 12.8. The lowest BCUT2D eigenvalue weighted by Gasteiger charge is -2.20. The average Bonchev–Trinajstić information content (AvgIpc) is 2.90. The van der Waals surface area contributed by atoms with Crippen molar-refractivity contribution >= 4 is 47.2 Å². The third-order valence-electron chi connectivity index (χ3n) is 5.57. The number of aliphatic carboxylic acids is 1. The average molecular weight is 574 g/mol. The molecule has 0 aromatic carbocycles. The molecule has 14 heteroatoms. The van der Waals surface area contributed by atoms with Gasteiger partial charge in [-0.2, -0.15) is 0 Å². The van der Waals surface area contributed by atoms with Crippen LogP contribution in [-0.4, -0.2) is 97.6 Å². The molecular weight excluding hydrogens is 530 g/mol. The van der Waals surface area contributed by atoms with E-state index < -0.39 is 59.9 Å². The van der Waals surface area contributed by atoms with Crippen LogP contribution in [0.4, 0.5) is 0 Å². The van der Waals surface area contributed by atoms with Gasteiger partial charge < -0.3 is 30.1 Å². The van der Waals surface area contributed by atoms with Crippen molar-refractivity contribution in [2.24, 2.45) is 11.8 Å². The molecule has 0 radical (unpaired) electrons. The molecule has 3 amide bonds. The molecule has 0 unspecified atom stereocenters. The summed E-state index contributed by atoms with van der Waals surface area (Å²) in [6, 6.07) is -2.03. The van der Waals surface area contributed by atoms with Crippen LogP contribution in [0.2, 0.25) is 0 Å². The van der Waals surface area contributed by atoms with Gasteiger partial charge in [-0.3, -0.25) is 38.4 Å². The minimum Gasteiger partial charge on any atom is -0.481 e. The molecule has 0 saturated heterocycles. The fourth-order valence-corrected chi connectivity index (χ4v) is 3.07. The summed E-state index contributed by atoms with van der Waals surface area (Å²) in [4.78, 5) is 93.1. The van der Waals surface area contributed by atoms with E-state index in [0.717, 1.165) is 0 Å². The van der Waals surface area contributed by atoms with E-state index in [4.69, 9.17) is 5.11 Å². The van der Waals surface area contributed by atoms with Crippen molar-refractivity contribution in [2.75, 3.05) is 28.3 Å². The molecule has 0 aliphatic carbocycles. The van der Waals surface area contributed by atoms with Gasteiger partial charge in [0.1, 0.15) is 0 Å². The summed E-state index contributed by atoms with van der Waals surface area (Å²) in [7, 11) is 5.59. The molecule has 0 heterocycles. The van der Waals surface area contributed by atoms with Gasteiger partial charge in [0.15, 0.2) is 11.6 Å². The third-order valence-corrected chi connectivity index (χ3v) is 5.57. The summed E-state index contributed by atoms with van der Waals surface area (Å²) >= 11 is 0. The Bertz CT molecular complexity index is 918. The summed E-state index contributed by atoms with van der Waals surface area (Å²) in [5.74, 6) is -5.38. The number of ketones is 2. The quantitative estimate of drug-likeness (QED) is 0.214. The Hall–Kier alpha value is -3.84. The van der Waals surface area contributed by atoms with Crippen LogP contribution in [0, 0.1) is 11.8 Å². The number of nitrogens with one attached hydrogen (secondary N) is 2. The Morgan fingerprint density at radius 3 is 1.30 bits per heavy atom. The SMILES string of the molecule is CCC(=O)N[C@H](CC(=O)N(C)C)C(=O)C[C@@H](C)C(=O)OC.CCC(=O)N[C@H](CC(=O)O)C(=O)C[C@@H](C)C(=O)OC. The van der Waals surface area contributed by atoms with Crippen LogP contribution in [0.15, 0.2) is 0 Å². The molecule has 0 aliphatic heterocycles. The molecular formula is C26H43N3O11. The van der Waals surface area contributed by atoms with Gasteiger partial charge in [-0.25, -0.2) is 0 Å². The molecule has 228 valence electrons. The molecule has 0 bridgehead atoms. The van der Waals surface area contributed by atoms with Crippen molar-refractivity contribution in [1.82, 2.24) is 15.5 Å². The normalized spacial score (nSPS) is 13.1. The van der Waals surface area contributed by atoms with Gasteiger partial charge in [-0.05, 0) is 0 Å². The first kappa shape index (κ1) is 38.3. The van der Waals surface area contributed by atoms with Gasteiger partial charge in [0, 0.05) is 39.8 Å². The first-order chi connectivity index (χ1) is 18.5. The second-order valence-corrected chi connectivity index (χ2v) is 9.23. The molecule has 14 nitrogen and oxygen atoms in total. The smallest absolute Gasteiger partial charge is 0.308 e. The Kier molecular flexibility index (Phi) is 19.3. The molecule has 0 spiro atoms. The number of carbonyl (C=O) groups excluding carboxylic acids is 7. The van der Waals surface area contributed by atoms with E-state index in [2.05, 4.69) is 20.1 Å². The van der Waals surface area contributed by atoms with E-state index in [-0.39, 0.29) is 49.7 Å².